The van der Waals surface area contributed by atoms with Crippen LogP contribution in [0.25, 0.3) is 0 Å². The normalized spacial score (nSPS) is 20.1. The van der Waals surface area contributed by atoms with E-state index in [1.54, 1.807) is 0 Å². The fraction of sp³-hybridized carbons (Fsp3) is 0.667. The summed E-state index contributed by atoms with van der Waals surface area (Å²) >= 11 is 1.84. The Hall–Kier alpha value is -0.340. The molecule has 1 aromatic rings. The molecule has 0 spiro atoms. The molecule has 0 aliphatic heterocycles. The first kappa shape index (κ1) is 10.2. The summed E-state index contributed by atoms with van der Waals surface area (Å²) in [5, 5.41) is 5.79. The molecule has 0 unspecified atom stereocenters. The van der Waals surface area contributed by atoms with Gasteiger partial charge in [0, 0.05) is 17.5 Å². The van der Waals surface area contributed by atoms with Crippen LogP contribution < -0.4 is 5.32 Å². The topological polar surface area (TPSA) is 12.0 Å². The second-order valence-corrected chi connectivity index (χ2v) is 5.33. The van der Waals surface area contributed by atoms with Crippen molar-refractivity contribution in [2.24, 2.45) is 5.92 Å². The number of thiophene rings is 1. The monoisotopic (exact) mass is 209 g/mol. The first-order valence-electron chi connectivity index (χ1n) is 5.62. The Balaban J connectivity index is 1.74. The minimum Gasteiger partial charge on any atom is -0.309 e. The van der Waals surface area contributed by atoms with E-state index < -0.39 is 0 Å². The summed E-state index contributed by atoms with van der Waals surface area (Å²) in [6.07, 6.45) is 5.74. The van der Waals surface area contributed by atoms with E-state index >= 15 is 0 Å². The Morgan fingerprint density at radius 2 is 2.29 bits per heavy atom. The third kappa shape index (κ3) is 2.58. The highest BCUT2D eigenvalue weighted by molar-refractivity contribution is 7.09. The summed E-state index contributed by atoms with van der Waals surface area (Å²) in [5.41, 5.74) is 0. The van der Waals surface area contributed by atoms with E-state index in [1.807, 2.05) is 11.3 Å². The fourth-order valence-electron chi connectivity index (χ4n) is 2.30. The number of nitrogens with one attached hydrogen (secondary N) is 1. The summed E-state index contributed by atoms with van der Waals surface area (Å²) in [6.45, 7) is 3.39. The summed E-state index contributed by atoms with van der Waals surface area (Å²) in [7, 11) is 0. The molecular weight excluding hydrogens is 190 g/mol. The van der Waals surface area contributed by atoms with Crippen molar-refractivity contribution in [3.63, 3.8) is 0 Å². The molecule has 1 fully saturated rings. The quantitative estimate of drug-likeness (QED) is 0.801. The minimum absolute atomic E-state index is 0.694. The Bertz CT molecular complexity index is 249. The molecule has 0 bridgehead atoms. The summed E-state index contributed by atoms with van der Waals surface area (Å²) in [6, 6.07) is 5.03. The second kappa shape index (κ2) is 4.94. The molecule has 14 heavy (non-hydrogen) atoms. The van der Waals surface area contributed by atoms with E-state index in [1.165, 1.54) is 30.6 Å². The van der Waals surface area contributed by atoms with Gasteiger partial charge in [0.15, 0.2) is 0 Å². The predicted octanol–water partition coefficient (Wildman–Crippen LogP) is 3.42. The van der Waals surface area contributed by atoms with Crippen LogP contribution in [0.1, 0.15) is 37.5 Å². The van der Waals surface area contributed by atoms with Crippen molar-refractivity contribution in [1.82, 2.24) is 5.32 Å². The van der Waals surface area contributed by atoms with Crippen LogP contribution in [0, 0.1) is 5.92 Å². The lowest BCUT2D eigenvalue weighted by Crippen LogP contribution is -2.31. The van der Waals surface area contributed by atoms with Gasteiger partial charge in [-0.15, -0.1) is 11.3 Å². The molecule has 2 rings (SSSR count). The van der Waals surface area contributed by atoms with E-state index in [-0.39, 0.29) is 0 Å². The van der Waals surface area contributed by atoms with Gasteiger partial charge in [0.1, 0.15) is 0 Å². The predicted molar refractivity (Wildman–Crippen MR) is 62.6 cm³/mol. The second-order valence-electron chi connectivity index (χ2n) is 4.29. The zero-order valence-electron chi connectivity index (χ0n) is 8.83. The standard InChI is InChI=1S/C12H19NS/c1-10(11-5-2-3-6-11)13-9-12-7-4-8-14-12/h4,7-8,10-11,13H,2-3,5-6,9H2,1H3/t10-/m1/s1. The largest absolute Gasteiger partial charge is 0.309 e. The third-order valence-corrected chi connectivity index (χ3v) is 4.16. The molecule has 1 N–H and O–H groups in total. The molecule has 1 saturated carbocycles. The van der Waals surface area contributed by atoms with Crippen LogP contribution in [0.5, 0.6) is 0 Å². The fourth-order valence-corrected chi connectivity index (χ4v) is 2.95. The maximum atomic E-state index is 3.64. The molecule has 1 heterocycles. The van der Waals surface area contributed by atoms with Crippen molar-refractivity contribution in [2.75, 3.05) is 0 Å². The summed E-state index contributed by atoms with van der Waals surface area (Å²) in [5.74, 6) is 0.926. The number of hydrogen-bond donors (Lipinski definition) is 1. The van der Waals surface area contributed by atoms with Crippen LogP contribution >= 0.6 is 11.3 Å². The molecular formula is C12H19NS. The van der Waals surface area contributed by atoms with Crippen molar-refractivity contribution >= 4 is 11.3 Å². The number of hydrogen-bond acceptors (Lipinski definition) is 2. The number of rotatable bonds is 4. The first-order valence-corrected chi connectivity index (χ1v) is 6.50. The Morgan fingerprint density at radius 1 is 1.50 bits per heavy atom. The zero-order chi connectivity index (χ0) is 9.80. The van der Waals surface area contributed by atoms with Gasteiger partial charge < -0.3 is 5.32 Å². The summed E-state index contributed by atoms with van der Waals surface area (Å²) in [4.78, 5) is 1.45. The van der Waals surface area contributed by atoms with Crippen LogP contribution in [0.3, 0.4) is 0 Å². The first-order chi connectivity index (χ1) is 6.86. The van der Waals surface area contributed by atoms with Crippen LogP contribution in [0.4, 0.5) is 0 Å². The molecule has 78 valence electrons. The maximum Gasteiger partial charge on any atom is 0.0302 e. The molecule has 1 aliphatic rings. The average Bonchev–Trinajstić information content (AvgIpc) is 2.87. The van der Waals surface area contributed by atoms with Crippen LogP contribution in [-0.2, 0) is 6.54 Å². The van der Waals surface area contributed by atoms with Gasteiger partial charge in [-0.3, -0.25) is 0 Å². The van der Waals surface area contributed by atoms with Gasteiger partial charge >= 0.3 is 0 Å². The van der Waals surface area contributed by atoms with Gasteiger partial charge in [-0.2, -0.15) is 0 Å². The summed E-state index contributed by atoms with van der Waals surface area (Å²) < 4.78 is 0. The van der Waals surface area contributed by atoms with Gasteiger partial charge in [0.2, 0.25) is 0 Å². The molecule has 1 aromatic heterocycles. The minimum atomic E-state index is 0.694. The van der Waals surface area contributed by atoms with Gasteiger partial charge in [0.25, 0.3) is 0 Å². The van der Waals surface area contributed by atoms with Crippen molar-refractivity contribution in [3.8, 4) is 0 Å². The van der Waals surface area contributed by atoms with Crippen molar-refractivity contribution in [2.45, 2.75) is 45.2 Å². The van der Waals surface area contributed by atoms with Crippen LogP contribution in [-0.4, -0.2) is 6.04 Å². The van der Waals surface area contributed by atoms with Gasteiger partial charge in [-0.1, -0.05) is 18.9 Å². The Labute approximate surface area is 90.5 Å². The van der Waals surface area contributed by atoms with Crippen LogP contribution in [0.15, 0.2) is 17.5 Å². The van der Waals surface area contributed by atoms with Crippen molar-refractivity contribution in [3.05, 3.63) is 22.4 Å². The van der Waals surface area contributed by atoms with Crippen molar-refractivity contribution < 1.29 is 0 Å². The van der Waals surface area contributed by atoms with Gasteiger partial charge in [-0.05, 0) is 37.1 Å². The lowest BCUT2D eigenvalue weighted by atomic mass is 10.00. The smallest absolute Gasteiger partial charge is 0.0302 e. The molecule has 0 amide bonds. The maximum absolute atomic E-state index is 3.64. The van der Waals surface area contributed by atoms with E-state index in [0.29, 0.717) is 6.04 Å². The third-order valence-electron chi connectivity index (χ3n) is 3.29. The van der Waals surface area contributed by atoms with Crippen LogP contribution in [0.2, 0.25) is 0 Å². The van der Waals surface area contributed by atoms with Crippen molar-refractivity contribution in [1.29, 1.82) is 0 Å². The zero-order valence-corrected chi connectivity index (χ0v) is 9.65. The SMILES string of the molecule is C[C@@H](NCc1cccs1)C1CCCC1. The molecule has 1 nitrogen and oxygen atoms in total. The Morgan fingerprint density at radius 3 is 2.93 bits per heavy atom. The molecule has 0 radical (unpaired) electrons. The van der Waals surface area contributed by atoms with Gasteiger partial charge in [0.05, 0.1) is 0 Å². The average molecular weight is 209 g/mol. The lowest BCUT2D eigenvalue weighted by Gasteiger charge is -2.19. The highest BCUT2D eigenvalue weighted by Crippen LogP contribution is 2.27. The van der Waals surface area contributed by atoms with E-state index in [0.717, 1.165) is 12.5 Å². The highest BCUT2D eigenvalue weighted by atomic mass is 32.1. The Kier molecular flexibility index (Phi) is 3.60. The van der Waals surface area contributed by atoms with E-state index in [4.69, 9.17) is 0 Å². The van der Waals surface area contributed by atoms with E-state index in [9.17, 15) is 0 Å². The van der Waals surface area contributed by atoms with Gasteiger partial charge in [-0.25, -0.2) is 0 Å². The molecule has 1 atom stereocenters. The molecule has 0 saturated heterocycles. The lowest BCUT2D eigenvalue weighted by molar-refractivity contribution is 0.381. The molecule has 2 heteroatoms. The molecule has 0 aromatic carbocycles. The molecule has 1 aliphatic carbocycles. The highest BCUT2D eigenvalue weighted by Gasteiger charge is 2.20. The van der Waals surface area contributed by atoms with E-state index in [2.05, 4.69) is 29.8 Å².